The van der Waals surface area contributed by atoms with Gasteiger partial charge < -0.3 is 14.2 Å². The Bertz CT molecular complexity index is 924. The van der Waals surface area contributed by atoms with Crippen LogP contribution in [-0.2, 0) is 10.0 Å². The summed E-state index contributed by atoms with van der Waals surface area (Å²) in [6, 6.07) is 12.1. The van der Waals surface area contributed by atoms with Gasteiger partial charge in [0.05, 0.1) is 11.4 Å². The van der Waals surface area contributed by atoms with Crippen LogP contribution in [0.5, 0.6) is 17.2 Å². The van der Waals surface area contributed by atoms with Crippen LogP contribution in [0.2, 0.25) is 0 Å². The zero-order valence-corrected chi connectivity index (χ0v) is 13.4. The van der Waals surface area contributed by atoms with Gasteiger partial charge in [-0.1, -0.05) is 12.1 Å². The largest absolute Gasteiger partial charge is 0.492 e. The molecule has 1 N–H and O–H groups in total. The zero-order valence-electron chi connectivity index (χ0n) is 12.6. The van der Waals surface area contributed by atoms with Crippen LogP contribution in [0.4, 0.5) is 0 Å². The quantitative estimate of drug-likeness (QED) is 0.849. The predicted molar refractivity (Wildman–Crippen MR) is 86.2 cm³/mol. The first-order valence-corrected chi connectivity index (χ1v) is 8.81. The Hall–Kier alpha value is -2.74. The third kappa shape index (κ3) is 2.65. The summed E-state index contributed by atoms with van der Waals surface area (Å²) in [4.78, 5) is 4.54. The average Bonchev–Trinajstić information content (AvgIpc) is 3.14. The van der Waals surface area contributed by atoms with Gasteiger partial charge in [-0.15, -0.1) is 0 Å². The molecule has 7 nitrogen and oxygen atoms in total. The molecule has 2 aromatic carbocycles. The second kappa shape index (κ2) is 5.72. The summed E-state index contributed by atoms with van der Waals surface area (Å²) in [5.74, 6) is 2.34. The lowest BCUT2D eigenvalue weighted by atomic mass is 10.2. The van der Waals surface area contributed by atoms with Crippen molar-refractivity contribution in [3.63, 3.8) is 0 Å². The number of nitrogens with zero attached hydrogens (tertiary/aromatic N) is 1. The standard InChI is InChI=1S/C16H14N2O5S/c19-24(20)15-4-2-1-3-12(15)16(18-24)17-7-8-21-11-5-6-13-14(9-11)23-10-22-13/h1-6,9H,7-8,10H2,(H,17,18). The molecular weight excluding hydrogens is 332 g/mol. The third-order valence-electron chi connectivity index (χ3n) is 3.64. The first-order chi connectivity index (χ1) is 11.6. The highest BCUT2D eigenvalue weighted by molar-refractivity contribution is 7.90. The Morgan fingerprint density at radius 2 is 1.96 bits per heavy atom. The van der Waals surface area contributed by atoms with E-state index in [0.29, 0.717) is 41.8 Å². The number of nitrogens with one attached hydrogen (secondary N) is 1. The minimum absolute atomic E-state index is 0.214. The van der Waals surface area contributed by atoms with Gasteiger partial charge in [0.25, 0.3) is 10.0 Å². The van der Waals surface area contributed by atoms with E-state index in [2.05, 4.69) is 9.71 Å². The third-order valence-corrected chi connectivity index (χ3v) is 5.03. The van der Waals surface area contributed by atoms with Crippen molar-refractivity contribution in [2.24, 2.45) is 4.99 Å². The maximum absolute atomic E-state index is 12.0. The van der Waals surface area contributed by atoms with E-state index in [1.54, 1.807) is 42.5 Å². The molecule has 0 unspecified atom stereocenters. The van der Waals surface area contributed by atoms with Crippen LogP contribution in [0, 0.1) is 0 Å². The Morgan fingerprint density at radius 3 is 2.88 bits per heavy atom. The molecule has 0 aliphatic carbocycles. The second-order valence-electron chi connectivity index (χ2n) is 5.20. The van der Waals surface area contributed by atoms with Gasteiger partial charge in [0, 0.05) is 11.6 Å². The Balaban J connectivity index is 1.42. The van der Waals surface area contributed by atoms with E-state index in [-0.39, 0.29) is 11.7 Å². The monoisotopic (exact) mass is 346 g/mol. The molecule has 0 saturated carbocycles. The van der Waals surface area contributed by atoms with E-state index in [1.165, 1.54) is 0 Å². The molecule has 2 aliphatic rings. The topological polar surface area (TPSA) is 86.2 Å². The fourth-order valence-corrected chi connectivity index (χ4v) is 3.79. The normalized spacial score (nSPS) is 18.2. The van der Waals surface area contributed by atoms with Gasteiger partial charge in [-0.25, -0.2) is 8.42 Å². The number of sulfonamides is 1. The van der Waals surface area contributed by atoms with E-state index in [4.69, 9.17) is 14.2 Å². The van der Waals surface area contributed by atoms with Gasteiger partial charge in [0.2, 0.25) is 6.79 Å². The Labute approximate surface area is 138 Å². The van der Waals surface area contributed by atoms with Gasteiger partial charge in [0.1, 0.15) is 18.2 Å². The van der Waals surface area contributed by atoms with Gasteiger partial charge in [-0.3, -0.25) is 9.71 Å². The van der Waals surface area contributed by atoms with Gasteiger partial charge in [-0.2, -0.15) is 0 Å². The maximum Gasteiger partial charge on any atom is 0.263 e. The summed E-state index contributed by atoms with van der Waals surface area (Å²) in [5.41, 5.74) is 0.584. The smallest absolute Gasteiger partial charge is 0.263 e. The minimum Gasteiger partial charge on any atom is -0.492 e. The van der Waals surface area contributed by atoms with Crippen LogP contribution < -0.4 is 18.9 Å². The molecule has 0 spiro atoms. The van der Waals surface area contributed by atoms with Crippen LogP contribution in [0.1, 0.15) is 5.56 Å². The fourth-order valence-electron chi connectivity index (χ4n) is 2.54. The van der Waals surface area contributed by atoms with E-state index in [9.17, 15) is 8.42 Å². The highest BCUT2D eigenvalue weighted by Crippen LogP contribution is 2.35. The summed E-state index contributed by atoms with van der Waals surface area (Å²) in [5, 5.41) is 0. The summed E-state index contributed by atoms with van der Waals surface area (Å²) in [7, 11) is -3.50. The highest BCUT2D eigenvalue weighted by atomic mass is 32.2. The molecule has 4 rings (SSSR count). The number of amidine groups is 1. The summed E-state index contributed by atoms with van der Waals surface area (Å²) >= 11 is 0. The van der Waals surface area contributed by atoms with Gasteiger partial charge in [-0.05, 0) is 24.3 Å². The molecule has 0 atom stereocenters. The second-order valence-corrected chi connectivity index (χ2v) is 6.85. The van der Waals surface area contributed by atoms with Crippen molar-refractivity contribution in [1.82, 2.24) is 4.72 Å². The fraction of sp³-hybridized carbons (Fsp3) is 0.188. The molecule has 124 valence electrons. The number of benzene rings is 2. The van der Waals surface area contributed by atoms with Crippen molar-refractivity contribution in [2.75, 3.05) is 19.9 Å². The number of ether oxygens (including phenoxy) is 3. The molecular formula is C16H14N2O5S. The van der Waals surface area contributed by atoms with E-state index in [1.807, 2.05) is 0 Å². The molecule has 2 aromatic rings. The number of hydrogen-bond donors (Lipinski definition) is 1. The molecule has 0 aromatic heterocycles. The molecule has 24 heavy (non-hydrogen) atoms. The molecule has 2 aliphatic heterocycles. The summed E-state index contributed by atoms with van der Waals surface area (Å²) in [6.45, 7) is 0.847. The van der Waals surface area contributed by atoms with Crippen molar-refractivity contribution >= 4 is 15.9 Å². The van der Waals surface area contributed by atoms with Crippen LogP contribution in [0.25, 0.3) is 0 Å². The molecule has 0 bridgehead atoms. The average molecular weight is 346 g/mol. The molecule has 2 heterocycles. The van der Waals surface area contributed by atoms with Crippen LogP contribution in [-0.4, -0.2) is 34.2 Å². The Morgan fingerprint density at radius 1 is 1.12 bits per heavy atom. The summed E-state index contributed by atoms with van der Waals surface area (Å²) in [6.07, 6.45) is 0. The number of fused-ring (bicyclic) bond motifs is 2. The van der Waals surface area contributed by atoms with Crippen molar-refractivity contribution < 1.29 is 22.6 Å². The van der Waals surface area contributed by atoms with Crippen molar-refractivity contribution in [3.05, 3.63) is 48.0 Å². The van der Waals surface area contributed by atoms with E-state index < -0.39 is 10.0 Å². The van der Waals surface area contributed by atoms with Gasteiger partial charge >= 0.3 is 0 Å². The van der Waals surface area contributed by atoms with Crippen LogP contribution >= 0.6 is 0 Å². The number of rotatable bonds is 4. The SMILES string of the molecule is O=S1(=O)NC(=NCCOc2ccc3c(c2)OCO3)c2ccccc21. The lowest BCUT2D eigenvalue weighted by Crippen LogP contribution is -2.23. The minimum atomic E-state index is -3.50. The molecule has 0 fully saturated rings. The molecule has 0 radical (unpaired) electrons. The Kier molecular flexibility index (Phi) is 3.53. The lowest BCUT2D eigenvalue weighted by Gasteiger charge is -2.05. The molecule has 8 heteroatoms. The number of aliphatic imine (C=N–C) groups is 1. The molecule has 0 saturated heterocycles. The van der Waals surface area contributed by atoms with Crippen LogP contribution in [0.3, 0.4) is 0 Å². The van der Waals surface area contributed by atoms with E-state index in [0.717, 1.165) is 0 Å². The van der Waals surface area contributed by atoms with Crippen molar-refractivity contribution in [3.8, 4) is 17.2 Å². The van der Waals surface area contributed by atoms with Crippen LogP contribution in [0.15, 0.2) is 52.4 Å². The molecule has 0 amide bonds. The first-order valence-electron chi connectivity index (χ1n) is 7.33. The summed E-state index contributed by atoms with van der Waals surface area (Å²) < 4.78 is 42.5. The highest BCUT2D eigenvalue weighted by Gasteiger charge is 2.29. The van der Waals surface area contributed by atoms with Gasteiger partial charge in [0.15, 0.2) is 11.5 Å². The zero-order chi connectivity index (χ0) is 16.6. The predicted octanol–water partition coefficient (Wildman–Crippen LogP) is 1.53. The van der Waals surface area contributed by atoms with Crippen molar-refractivity contribution in [2.45, 2.75) is 4.90 Å². The number of hydrogen-bond acceptors (Lipinski definition) is 6. The first kappa shape index (κ1) is 14.8. The van der Waals surface area contributed by atoms with E-state index >= 15 is 0 Å². The maximum atomic E-state index is 12.0. The lowest BCUT2D eigenvalue weighted by molar-refractivity contribution is 0.173. The van der Waals surface area contributed by atoms with Crippen molar-refractivity contribution in [1.29, 1.82) is 0 Å².